The van der Waals surface area contributed by atoms with Crippen LogP contribution < -0.4 is 14.9 Å². The summed E-state index contributed by atoms with van der Waals surface area (Å²) in [7, 11) is 1.28. The van der Waals surface area contributed by atoms with Crippen LogP contribution in [0.4, 0.5) is 0 Å². The van der Waals surface area contributed by atoms with Crippen molar-refractivity contribution in [3.63, 3.8) is 0 Å². The molecule has 2 aliphatic rings. The molecule has 0 spiro atoms. The molecule has 0 bridgehead atoms. The molecular weight excluding hydrogens is 592 g/mol. The zero-order chi connectivity index (χ0) is 32.0. The summed E-state index contributed by atoms with van der Waals surface area (Å²) in [6.07, 6.45) is -16.5. The fourth-order valence-corrected chi connectivity index (χ4v) is 5.08. The van der Waals surface area contributed by atoms with Crippen LogP contribution in [-0.4, -0.2) is 121 Å². The van der Waals surface area contributed by atoms with Crippen LogP contribution in [-0.2, 0) is 14.2 Å². The first-order chi connectivity index (χ1) is 20.9. The Labute approximate surface area is 248 Å². The maximum atomic E-state index is 13.8. The summed E-state index contributed by atoms with van der Waals surface area (Å²) in [5, 5.41) is 92.3. The largest absolute Gasteiger partial charge is 0.508 e. The highest BCUT2D eigenvalue weighted by Gasteiger charge is 2.51. The molecule has 0 aliphatic carbocycles. The lowest BCUT2D eigenvalue weighted by atomic mass is 9.97. The number of aliphatic hydroxyl groups is 6. The monoisotopic (exact) mass is 624 g/mol. The normalized spacial score (nSPS) is 32.5. The van der Waals surface area contributed by atoms with Gasteiger partial charge in [0.25, 0.3) is 0 Å². The molecule has 44 heavy (non-hydrogen) atoms. The lowest BCUT2D eigenvalue weighted by Gasteiger charge is -2.45. The van der Waals surface area contributed by atoms with Gasteiger partial charge in [-0.1, -0.05) is 0 Å². The summed E-state index contributed by atoms with van der Waals surface area (Å²) in [5.41, 5.74) is -1.15. The molecule has 5 rings (SSSR count). The molecule has 2 saturated heterocycles. The van der Waals surface area contributed by atoms with E-state index in [2.05, 4.69) is 0 Å². The van der Waals surface area contributed by atoms with E-state index in [9.17, 15) is 50.8 Å². The predicted octanol–water partition coefficient (Wildman–Crippen LogP) is -1.38. The Kier molecular flexibility index (Phi) is 8.90. The van der Waals surface area contributed by atoms with Crippen LogP contribution in [0.2, 0.25) is 0 Å². The van der Waals surface area contributed by atoms with Crippen LogP contribution in [0.3, 0.4) is 0 Å². The Hall–Kier alpha value is -3.71. The minimum Gasteiger partial charge on any atom is -0.508 e. The standard InChI is InChI=1S/C28H32O16/c1-9-18(33)21(36)23(38)27(40-9)44-26-22(37)19(34)16(8-29)42-28(26)43-25-20(35)17-13(32)6-11(30)7-15(17)41-24(25)10-3-4-12(31)14(5-10)39-2/h3-7,9,16,18-19,21-23,26-34,36-38H,8H2,1-2H3/t9?,16?,18-,19-,21?,22?,23?,26?,27-,28-/m0/s1. The lowest BCUT2D eigenvalue weighted by molar-refractivity contribution is -0.354. The average molecular weight is 625 g/mol. The Balaban J connectivity index is 1.63. The number of aromatic hydroxyl groups is 3. The first-order valence-electron chi connectivity index (χ1n) is 13.4. The number of rotatable bonds is 7. The first kappa shape index (κ1) is 31.7. The molecule has 2 aromatic carbocycles. The summed E-state index contributed by atoms with van der Waals surface area (Å²) >= 11 is 0. The topological polar surface area (TPSA) is 258 Å². The number of phenolic OH excluding ortho intramolecular Hbond substituents is 3. The van der Waals surface area contributed by atoms with E-state index >= 15 is 0 Å². The zero-order valence-electron chi connectivity index (χ0n) is 23.3. The molecule has 16 nitrogen and oxygen atoms in total. The van der Waals surface area contributed by atoms with Gasteiger partial charge in [-0.15, -0.1) is 0 Å². The van der Waals surface area contributed by atoms with Crippen molar-refractivity contribution >= 4 is 11.0 Å². The Morgan fingerprint density at radius 2 is 1.57 bits per heavy atom. The summed E-state index contributed by atoms with van der Waals surface area (Å²) < 4.78 is 33.8. The maximum absolute atomic E-state index is 13.8. The number of hydrogen-bond acceptors (Lipinski definition) is 16. The number of phenols is 3. The number of aliphatic hydroxyl groups excluding tert-OH is 6. The van der Waals surface area contributed by atoms with Gasteiger partial charge in [-0.3, -0.25) is 4.79 Å². The predicted molar refractivity (Wildman–Crippen MR) is 145 cm³/mol. The van der Waals surface area contributed by atoms with Crippen molar-refractivity contribution in [2.45, 2.75) is 68.3 Å². The van der Waals surface area contributed by atoms with Crippen molar-refractivity contribution in [2.75, 3.05) is 13.7 Å². The van der Waals surface area contributed by atoms with Crippen molar-refractivity contribution in [1.82, 2.24) is 0 Å². The number of methoxy groups -OCH3 is 1. The molecular formula is C28H32O16. The Bertz CT molecular complexity index is 1560. The minimum absolute atomic E-state index is 0.0257. The fraction of sp³-hybridized carbons (Fsp3) is 0.464. The van der Waals surface area contributed by atoms with Gasteiger partial charge in [0.2, 0.25) is 17.5 Å². The molecule has 0 saturated carbocycles. The van der Waals surface area contributed by atoms with E-state index in [1.165, 1.54) is 32.2 Å². The smallest absolute Gasteiger partial charge is 0.239 e. The quantitative estimate of drug-likeness (QED) is 0.147. The number of hydrogen-bond donors (Lipinski definition) is 9. The number of ether oxygens (including phenoxy) is 5. The molecule has 0 radical (unpaired) electrons. The van der Waals surface area contributed by atoms with Gasteiger partial charge in [0.05, 0.1) is 19.8 Å². The third-order valence-corrected chi connectivity index (χ3v) is 7.52. The summed E-state index contributed by atoms with van der Waals surface area (Å²) in [6.45, 7) is 0.570. The minimum atomic E-state index is -1.89. The van der Waals surface area contributed by atoms with Crippen LogP contribution in [0.1, 0.15) is 6.92 Å². The SMILES string of the molecule is COc1cc(-c2oc3cc(O)cc(O)c3c(=O)c2O[C@@H]2OC(CO)[C@H](O)C(O)C2O[C@@H]2OC(C)[C@H](O)C(O)C2O)ccc1O. The van der Waals surface area contributed by atoms with Gasteiger partial charge in [-0.2, -0.15) is 0 Å². The summed E-state index contributed by atoms with van der Waals surface area (Å²) in [4.78, 5) is 13.8. The van der Waals surface area contributed by atoms with Crippen molar-refractivity contribution in [3.05, 3.63) is 40.6 Å². The number of benzene rings is 2. The molecule has 16 heteroatoms. The van der Waals surface area contributed by atoms with E-state index in [-0.39, 0.29) is 28.4 Å². The van der Waals surface area contributed by atoms with Crippen molar-refractivity contribution < 1.29 is 74.1 Å². The molecule has 240 valence electrons. The third kappa shape index (κ3) is 5.63. The molecule has 6 unspecified atom stereocenters. The summed E-state index contributed by atoms with van der Waals surface area (Å²) in [5.74, 6) is -2.34. The van der Waals surface area contributed by atoms with Crippen LogP contribution in [0.15, 0.2) is 39.5 Å². The highest BCUT2D eigenvalue weighted by atomic mass is 16.8. The Morgan fingerprint density at radius 3 is 2.25 bits per heavy atom. The molecule has 0 amide bonds. The fourth-order valence-electron chi connectivity index (χ4n) is 5.08. The average Bonchev–Trinajstić information content (AvgIpc) is 2.99. The third-order valence-electron chi connectivity index (χ3n) is 7.52. The van der Waals surface area contributed by atoms with E-state index < -0.39 is 96.1 Å². The van der Waals surface area contributed by atoms with E-state index in [0.29, 0.717) is 0 Å². The first-order valence-corrected chi connectivity index (χ1v) is 13.4. The van der Waals surface area contributed by atoms with Gasteiger partial charge in [0.15, 0.2) is 29.7 Å². The van der Waals surface area contributed by atoms with Crippen LogP contribution >= 0.6 is 0 Å². The van der Waals surface area contributed by atoms with Gasteiger partial charge in [-0.05, 0) is 25.1 Å². The van der Waals surface area contributed by atoms with Crippen LogP contribution in [0.5, 0.6) is 28.7 Å². The zero-order valence-corrected chi connectivity index (χ0v) is 23.3. The van der Waals surface area contributed by atoms with E-state index in [0.717, 1.165) is 12.1 Å². The number of fused-ring (bicyclic) bond motifs is 1. The van der Waals surface area contributed by atoms with Crippen LogP contribution in [0, 0.1) is 0 Å². The maximum Gasteiger partial charge on any atom is 0.239 e. The van der Waals surface area contributed by atoms with Crippen LogP contribution in [0.25, 0.3) is 22.3 Å². The van der Waals surface area contributed by atoms with Crippen molar-refractivity contribution in [1.29, 1.82) is 0 Å². The Morgan fingerprint density at radius 1 is 0.841 bits per heavy atom. The molecule has 3 aromatic rings. The van der Waals surface area contributed by atoms with E-state index in [1.54, 1.807) is 0 Å². The molecule has 2 fully saturated rings. The highest BCUT2D eigenvalue weighted by molar-refractivity contribution is 5.88. The molecule has 2 aliphatic heterocycles. The molecule has 1 aromatic heterocycles. The highest BCUT2D eigenvalue weighted by Crippen LogP contribution is 2.40. The molecule has 3 heterocycles. The van der Waals surface area contributed by atoms with Gasteiger partial charge < -0.3 is 74.1 Å². The summed E-state index contributed by atoms with van der Waals surface area (Å²) in [6, 6.07) is 5.81. The van der Waals surface area contributed by atoms with Gasteiger partial charge in [0.1, 0.15) is 59.1 Å². The van der Waals surface area contributed by atoms with E-state index in [4.69, 9.17) is 28.1 Å². The van der Waals surface area contributed by atoms with Gasteiger partial charge in [0, 0.05) is 17.7 Å². The van der Waals surface area contributed by atoms with Crippen molar-refractivity contribution in [3.8, 4) is 40.1 Å². The molecule has 9 N–H and O–H groups in total. The second-order valence-electron chi connectivity index (χ2n) is 10.4. The molecule has 10 atom stereocenters. The van der Waals surface area contributed by atoms with E-state index in [1.807, 2.05) is 0 Å². The lowest BCUT2D eigenvalue weighted by Crippen LogP contribution is -2.64. The second-order valence-corrected chi connectivity index (χ2v) is 10.4. The van der Waals surface area contributed by atoms with Gasteiger partial charge >= 0.3 is 0 Å². The second kappa shape index (κ2) is 12.4. The van der Waals surface area contributed by atoms with Crippen molar-refractivity contribution in [2.24, 2.45) is 0 Å². The van der Waals surface area contributed by atoms with Gasteiger partial charge in [-0.25, -0.2) is 0 Å².